The third-order valence-electron chi connectivity index (χ3n) is 13.6. The molecule has 0 N–H and O–H groups in total. The lowest BCUT2D eigenvalue weighted by molar-refractivity contribution is 0.652. The van der Waals surface area contributed by atoms with Crippen molar-refractivity contribution < 1.29 is 0 Å². The van der Waals surface area contributed by atoms with E-state index in [2.05, 4.69) is 221 Å². The highest BCUT2D eigenvalue weighted by atomic mass is 32.1. The van der Waals surface area contributed by atoms with Crippen LogP contribution >= 0.6 is 11.3 Å². The van der Waals surface area contributed by atoms with E-state index in [1.807, 2.05) is 11.3 Å². The summed E-state index contributed by atoms with van der Waals surface area (Å²) in [5, 5.41) is 5.06. The summed E-state index contributed by atoms with van der Waals surface area (Å²) in [6.45, 7) is 9.64. The molecule has 1 heterocycles. The van der Waals surface area contributed by atoms with Crippen LogP contribution < -0.4 is 4.90 Å². The van der Waals surface area contributed by atoms with Crippen LogP contribution in [-0.4, -0.2) is 0 Å². The molecule has 0 fully saturated rings. The Morgan fingerprint density at radius 3 is 1.88 bits per heavy atom. The summed E-state index contributed by atoms with van der Waals surface area (Å²) in [5.41, 5.74) is 19.3. The van der Waals surface area contributed by atoms with E-state index < -0.39 is 0 Å². The number of hydrogen-bond donors (Lipinski definition) is 0. The molecular formula is C58H43NS. The first-order valence-corrected chi connectivity index (χ1v) is 21.9. The molecule has 0 saturated carbocycles. The maximum Gasteiger partial charge on any atom is 0.0540 e. The second-order valence-corrected chi connectivity index (χ2v) is 18.8. The molecule has 286 valence electrons. The Morgan fingerprint density at radius 2 is 1.00 bits per heavy atom. The minimum atomic E-state index is -0.171. The van der Waals surface area contributed by atoms with E-state index in [1.54, 1.807) is 0 Å². The fourth-order valence-electron chi connectivity index (χ4n) is 10.6. The van der Waals surface area contributed by atoms with Gasteiger partial charge in [-0.15, -0.1) is 11.3 Å². The number of thiophene rings is 1. The highest BCUT2D eigenvalue weighted by Gasteiger charge is 2.42. The highest BCUT2D eigenvalue weighted by Crippen LogP contribution is 2.58. The normalized spacial score (nSPS) is 14.3. The molecule has 12 rings (SSSR count). The monoisotopic (exact) mass is 785 g/mol. The van der Waals surface area contributed by atoms with Crippen LogP contribution in [0.25, 0.3) is 75.5 Å². The van der Waals surface area contributed by atoms with Gasteiger partial charge in [-0.2, -0.15) is 0 Å². The van der Waals surface area contributed by atoms with Crippen LogP contribution in [0.2, 0.25) is 0 Å². The van der Waals surface area contributed by atoms with Crippen molar-refractivity contribution in [2.75, 3.05) is 4.90 Å². The average Bonchev–Trinajstić information content (AvgIpc) is 3.85. The molecule has 10 aromatic rings. The van der Waals surface area contributed by atoms with Crippen molar-refractivity contribution in [3.8, 4) is 44.5 Å². The van der Waals surface area contributed by atoms with E-state index in [-0.39, 0.29) is 10.8 Å². The Hall–Kier alpha value is -6.74. The minimum Gasteiger partial charge on any atom is -0.310 e. The summed E-state index contributed by atoms with van der Waals surface area (Å²) in [6, 6.07) is 70.4. The molecule has 0 aliphatic heterocycles. The molecule has 1 nitrogen and oxygen atoms in total. The van der Waals surface area contributed by atoms with E-state index in [1.165, 1.54) is 103 Å². The van der Waals surface area contributed by atoms with Gasteiger partial charge in [-0.25, -0.2) is 0 Å². The van der Waals surface area contributed by atoms with E-state index in [4.69, 9.17) is 0 Å². The van der Waals surface area contributed by atoms with Gasteiger partial charge in [0.05, 0.1) is 5.69 Å². The van der Waals surface area contributed by atoms with Gasteiger partial charge in [0.15, 0.2) is 0 Å². The van der Waals surface area contributed by atoms with Crippen molar-refractivity contribution in [3.05, 3.63) is 210 Å². The smallest absolute Gasteiger partial charge is 0.0540 e. The second-order valence-electron chi connectivity index (χ2n) is 17.7. The summed E-state index contributed by atoms with van der Waals surface area (Å²) >= 11 is 1.86. The van der Waals surface area contributed by atoms with Gasteiger partial charge in [0.1, 0.15) is 0 Å². The third-order valence-corrected chi connectivity index (χ3v) is 14.8. The Kier molecular flexibility index (Phi) is 7.56. The van der Waals surface area contributed by atoms with E-state index in [0.29, 0.717) is 0 Å². The molecule has 0 atom stereocenters. The van der Waals surface area contributed by atoms with Crippen LogP contribution in [0, 0.1) is 0 Å². The average molecular weight is 786 g/mol. The zero-order valence-corrected chi connectivity index (χ0v) is 35.1. The number of hydrogen-bond acceptors (Lipinski definition) is 2. The van der Waals surface area contributed by atoms with Crippen LogP contribution in [0.1, 0.15) is 49.9 Å². The van der Waals surface area contributed by atoms with Gasteiger partial charge < -0.3 is 4.90 Å². The molecular weight excluding hydrogens is 743 g/mol. The van der Waals surface area contributed by atoms with Crippen molar-refractivity contribution in [1.82, 2.24) is 0 Å². The van der Waals surface area contributed by atoms with Crippen LogP contribution in [0.15, 0.2) is 188 Å². The van der Waals surface area contributed by atoms with E-state index in [0.717, 1.165) is 11.4 Å². The topological polar surface area (TPSA) is 3.24 Å². The Labute approximate surface area is 355 Å². The quantitative estimate of drug-likeness (QED) is 0.168. The lowest BCUT2D eigenvalue weighted by Crippen LogP contribution is -2.17. The zero-order valence-electron chi connectivity index (χ0n) is 34.3. The third kappa shape index (κ3) is 5.11. The molecule has 0 amide bonds. The predicted molar refractivity (Wildman–Crippen MR) is 258 cm³/mol. The molecule has 2 aliphatic rings. The minimum absolute atomic E-state index is 0.102. The first-order chi connectivity index (χ1) is 29.3. The van der Waals surface area contributed by atoms with Crippen molar-refractivity contribution in [3.63, 3.8) is 0 Å². The zero-order chi connectivity index (χ0) is 40.3. The van der Waals surface area contributed by atoms with Crippen LogP contribution in [0.4, 0.5) is 17.1 Å². The number of anilines is 3. The predicted octanol–water partition coefficient (Wildman–Crippen LogP) is 16.6. The van der Waals surface area contributed by atoms with Crippen molar-refractivity contribution in [2.45, 2.75) is 38.5 Å². The fourth-order valence-corrected chi connectivity index (χ4v) is 11.6. The molecule has 0 bridgehead atoms. The Morgan fingerprint density at radius 1 is 0.367 bits per heavy atom. The number of benzene rings is 9. The molecule has 0 spiro atoms. The molecule has 2 heteroatoms. The number of fused-ring (bicyclic) bond motifs is 10. The van der Waals surface area contributed by atoms with Gasteiger partial charge in [-0.05, 0) is 133 Å². The van der Waals surface area contributed by atoms with Gasteiger partial charge in [-0.1, -0.05) is 155 Å². The maximum absolute atomic E-state index is 2.54. The lowest BCUT2D eigenvalue weighted by atomic mass is 9.79. The number of rotatable bonds is 5. The highest BCUT2D eigenvalue weighted by molar-refractivity contribution is 7.25. The molecule has 2 aliphatic carbocycles. The van der Waals surface area contributed by atoms with Crippen LogP contribution in [0.5, 0.6) is 0 Å². The maximum atomic E-state index is 2.54. The first kappa shape index (κ1) is 35.2. The SMILES string of the molecule is CC1(C)c2cc(-c3cccc(N(c4ccc5sc6ccccc6c5c4)c4cccc5ccccc45)c3)ccc2-c2cc3c(cc21)-c1c(-c2ccccc2)cccc1C3(C)C. The second kappa shape index (κ2) is 12.9. The van der Waals surface area contributed by atoms with Gasteiger partial charge in [0, 0.05) is 47.8 Å². The molecule has 1 aromatic heterocycles. The van der Waals surface area contributed by atoms with E-state index >= 15 is 0 Å². The van der Waals surface area contributed by atoms with Crippen molar-refractivity contribution in [2.24, 2.45) is 0 Å². The summed E-state index contributed by atoms with van der Waals surface area (Å²) in [4.78, 5) is 2.45. The lowest BCUT2D eigenvalue weighted by Gasteiger charge is -2.27. The molecule has 0 radical (unpaired) electrons. The summed E-state index contributed by atoms with van der Waals surface area (Å²) in [7, 11) is 0. The fraction of sp³-hybridized carbons (Fsp3) is 0.103. The molecule has 0 unspecified atom stereocenters. The molecule has 0 saturated heterocycles. The van der Waals surface area contributed by atoms with Crippen LogP contribution in [-0.2, 0) is 10.8 Å². The molecule has 9 aromatic carbocycles. The van der Waals surface area contributed by atoms with Crippen molar-refractivity contribution in [1.29, 1.82) is 0 Å². The summed E-state index contributed by atoms with van der Waals surface area (Å²) in [6.07, 6.45) is 0. The largest absolute Gasteiger partial charge is 0.310 e. The Bertz CT molecular complexity index is 3380. The van der Waals surface area contributed by atoms with Crippen LogP contribution in [0.3, 0.4) is 0 Å². The standard InChI is InChI=1S/C58H43NS/c1-57(2)49-24-14-23-43(37-15-6-5-7-16-37)56(49)48-35-51-46(34-52(48)57)44-29-27-39(32-50(44)58(51,3)4)38-19-12-20-40(31-38)59(53-25-13-18-36-17-8-9-21-42(36)53)41-28-30-55-47(33-41)45-22-10-11-26-54(45)60-55/h5-35H,1-4H3. The summed E-state index contributed by atoms with van der Waals surface area (Å²) in [5.74, 6) is 0. The van der Waals surface area contributed by atoms with E-state index in [9.17, 15) is 0 Å². The van der Waals surface area contributed by atoms with Gasteiger partial charge >= 0.3 is 0 Å². The van der Waals surface area contributed by atoms with Gasteiger partial charge in [0.2, 0.25) is 0 Å². The summed E-state index contributed by atoms with van der Waals surface area (Å²) < 4.78 is 2.63. The first-order valence-electron chi connectivity index (χ1n) is 21.1. The number of nitrogens with zero attached hydrogens (tertiary/aromatic N) is 1. The Balaban J connectivity index is 0.985. The molecule has 60 heavy (non-hydrogen) atoms. The van der Waals surface area contributed by atoms with Crippen molar-refractivity contribution >= 4 is 59.3 Å². The van der Waals surface area contributed by atoms with Gasteiger partial charge in [-0.3, -0.25) is 0 Å². The van der Waals surface area contributed by atoms with Gasteiger partial charge in [0.25, 0.3) is 0 Å².